The van der Waals surface area contributed by atoms with Crippen LogP contribution in [0.4, 0.5) is 0 Å². The largest absolute Gasteiger partial charge is 0.381 e. The van der Waals surface area contributed by atoms with Gasteiger partial charge in [-0.15, -0.1) is 10.2 Å². The lowest BCUT2D eigenvalue weighted by Crippen LogP contribution is -2.33. The maximum Gasteiger partial charge on any atom is 0.188 e. The first kappa shape index (κ1) is 10.5. The normalized spacial score (nSPS) is 23.2. The van der Waals surface area contributed by atoms with Crippen molar-refractivity contribution in [1.29, 1.82) is 0 Å². The van der Waals surface area contributed by atoms with Crippen molar-refractivity contribution >= 4 is 0 Å². The topological polar surface area (TPSA) is 64.9 Å². The third-order valence-electron chi connectivity index (χ3n) is 2.80. The van der Waals surface area contributed by atoms with E-state index in [0.717, 1.165) is 25.5 Å². The van der Waals surface area contributed by atoms with Gasteiger partial charge in [-0.25, -0.2) is 0 Å². The summed E-state index contributed by atoms with van der Waals surface area (Å²) in [6.07, 6.45) is 1.14. The molecular weight excluding hydrogens is 194 g/mol. The number of nitrogens with zero attached hydrogens (tertiary/aromatic N) is 4. The van der Waals surface area contributed by atoms with Crippen LogP contribution in [0, 0.1) is 5.92 Å². The van der Waals surface area contributed by atoms with Crippen LogP contribution in [0.25, 0.3) is 0 Å². The SMILES string of the molecule is CC(NCc1nnn(C)n1)C1CCOC1. The molecule has 2 unspecified atom stereocenters. The Balaban J connectivity index is 1.77. The minimum absolute atomic E-state index is 0.441. The highest BCUT2D eigenvalue weighted by Gasteiger charge is 2.21. The van der Waals surface area contributed by atoms with Gasteiger partial charge >= 0.3 is 0 Å². The van der Waals surface area contributed by atoms with Crippen molar-refractivity contribution in [3.63, 3.8) is 0 Å². The maximum absolute atomic E-state index is 5.35. The van der Waals surface area contributed by atoms with Crippen molar-refractivity contribution in [2.45, 2.75) is 25.9 Å². The molecule has 0 bridgehead atoms. The Morgan fingerprint density at radius 2 is 2.53 bits per heavy atom. The van der Waals surface area contributed by atoms with Gasteiger partial charge in [-0.2, -0.15) is 4.80 Å². The molecule has 1 saturated heterocycles. The van der Waals surface area contributed by atoms with Gasteiger partial charge in [-0.05, 0) is 24.5 Å². The second kappa shape index (κ2) is 4.67. The number of hydrogen-bond donors (Lipinski definition) is 1. The summed E-state index contributed by atoms with van der Waals surface area (Å²) in [4.78, 5) is 1.47. The van der Waals surface area contributed by atoms with Crippen LogP contribution in [0.2, 0.25) is 0 Å². The number of rotatable bonds is 4. The summed E-state index contributed by atoms with van der Waals surface area (Å²) in [6, 6.07) is 0.441. The lowest BCUT2D eigenvalue weighted by atomic mass is 10.0. The standard InChI is InChI=1S/C9H17N5O/c1-7(8-3-4-15-6-8)10-5-9-11-13-14(2)12-9/h7-8,10H,3-6H2,1-2H3. The van der Waals surface area contributed by atoms with Crippen molar-refractivity contribution in [2.24, 2.45) is 13.0 Å². The smallest absolute Gasteiger partial charge is 0.188 e. The van der Waals surface area contributed by atoms with Crippen molar-refractivity contribution in [3.8, 4) is 0 Å². The summed E-state index contributed by atoms with van der Waals surface area (Å²) < 4.78 is 5.35. The summed E-state index contributed by atoms with van der Waals surface area (Å²) in [6.45, 7) is 4.60. The first-order chi connectivity index (χ1) is 7.25. The fraction of sp³-hybridized carbons (Fsp3) is 0.889. The molecule has 0 spiro atoms. The van der Waals surface area contributed by atoms with E-state index >= 15 is 0 Å². The van der Waals surface area contributed by atoms with Crippen LogP contribution >= 0.6 is 0 Å². The molecule has 0 aliphatic carbocycles. The van der Waals surface area contributed by atoms with Gasteiger partial charge in [-0.3, -0.25) is 0 Å². The molecule has 0 aromatic carbocycles. The molecule has 1 aliphatic heterocycles. The van der Waals surface area contributed by atoms with Crippen LogP contribution < -0.4 is 5.32 Å². The summed E-state index contributed by atoms with van der Waals surface area (Å²) in [5, 5.41) is 15.2. The third kappa shape index (κ3) is 2.73. The lowest BCUT2D eigenvalue weighted by molar-refractivity contribution is 0.178. The van der Waals surface area contributed by atoms with Crippen LogP contribution in [0.3, 0.4) is 0 Å². The summed E-state index contributed by atoms with van der Waals surface area (Å²) >= 11 is 0. The molecule has 1 aromatic heterocycles. The van der Waals surface area contributed by atoms with E-state index in [4.69, 9.17) is 4.74 Å². The summed E-state index contributed by atoms with van der Waals surface area (Å²) in [5.74, 6) is 1.35. The Hall–Kier alpha value is -1.01. The minimum atomic E-state index is 0.441. The van der Waals surface area contributed by atoms with Crippen LogP contribution in [0.1, 0.15) is 19.2 Å². The van der Waals surface area contributed by atoms with Gasteiger partial charge < -0.3 is 10.1 Å². The minimum Gasteiger partial charge on any atom is -0.381 e. The predicted octanol–water partition coefficient (Wildman–Crippen LogP) is -0.275. The van der Waals surface area contributed by atoms with E-state index in [1.807, 2.05) is 0 Å². The van der Waals surface area contributed by atoms with Gasteiger partial charge in [0, 0.05) is 12.6 Å². The zero-order chi connectivity index (χ0) is 10.7. The molecule has 2 atom stereocenters. The van der Waals surface area contributed by atoms with E-state index in [1.165, 1.54) is 4.80 Å². The average molecular weight is 211 g/mol. The first-order valence-corrected chi connectivity index (χ1v) is 5.29. The molecule has 84 valence electrons. The molecule has 0 amide bonds. The number of aryl methyl sites for hydroxylation is 1. The maximum atomic E-state index is 5.35. The number of hydrogen-bond acceptors (Lipinski definition) is 5. The Bertz CT molecular complexity index is 307. The molecule has 1 N–H and O–H groups in total. The molecule has 6 nitrogen and oxygen atoms in total. The van der Waals surface area contributed by atoms with Crippen LogP contribution in [-0.4, -0.2) is 39.5 Å². The fourth-order valence-corrected chi connectivity index (χ4v) is 1.76. The van der Waals surface area contributed by atoms with E-state index < -0.39 is 0 Å². The third-order valence-corrected chi connectivity index (χ3v) is 2.80. The van der Waals surface area contributed by atoms with E-state index in [2.05, 4.69) is 27.7 Å². The molecule has 6 heteroatoms. The van der Waals surface area contributed by atoms with E-state index in [-0.39, 0.29) is 0 Å². The van der Waals surface area contributed by atoms with Crippen molar-refractivity contribution in [2.75, 3.05) is 13.2 Å². The zero-order valence-corrected chi connectivity index (χ0v) is 9.18. The van der Waals surface area contributed by atoms with E-state index in [0.29, 0.717) is 18.5 Å². The Morgan fingerprint density at radius 3 is 3.13 bits per heavy atom. The van der Waals surface area contributed by atoms with Gasteiger partial charge in [0.15, 0.2) is 5.82 Å². The molecule has 0 radical (unpaired) electrons. The Morgan fingerprint density at radius 1 is 1.67 bits per heavy atom. The molecule has 0 saturated carbocycles. The van der Waals surface area contributed by atoms with Crippen LogP contribution in [0.15, 0.2) is 0 Å². The number of aromatic nitrogens is 4. The lowest BCUT2D eigenvalue weighted by Gasteiger charge is -2.17. The van der Waals surface area contributed by atoms with Gasteiger partial charge in [0.1, 0.15) is 0 Å². The zero-order valence-electron chi connectivity index (χ0n) is 9.18. The van der Waals surface area contributed by atoms with Gasteiger partial charge in [0.2, 0.25) is 0 Å². The Kier molecular flexibility index (Phi) is 3.27. The average Bonchev–Trinajstić information content (AvgIpc) is 2.84. The second-order valence-electron chi connectivity index (χ2n) is 3.99. The molecule has 15 heavy (non-hydrogen) atoms. The second-order valence-corrected chi connectivity index (χ2v) is 3.99. The Labute approximate surface area is 89.0 Å². The fourth-order valence-electron chi connectivity index (χ4n) is 1.76. The van der Waals surface area contributed by atoms with Gasteiger partial charge in [0.05, 0.1) is 20.2 Å². The molecule has 1 aliphatic rings. The molecule has 1 aromatic rings. The molecular formula is C9H17N5O. The van der Waals surface area contributed by atoms with E-state index in [9.17, 15) is 0 Å². The summed E-state index contributed by atoms with van der Waals surface area (Å²) in [5.41, 5.74) is 0. The quantitative estimate of drug-likeness (QED) is 0.742. The van der Waals surface area contributed by atoms with Crippen LogP contribution in [-0.2, 0) is 18.3 Å². The highest BCUT2D eigenvalue weighted by atomic mass is 16.5. The monoisotopic (exact) mass is 211 g/mol. The molecule has 2 heterocycles. The van der Waals surface area contributed by atoms with Crippen molar-refractivity contribution in [1.82, 2.24) is 25.5 Å². The van der Waals surface area contributed by atoms with Crippen molar-refractivity contribution in [3.05, 3.63) is 5.82 Å². The first-order valence-electron chi connectivity index (χ1n) is 5.29. The number of tetrazole rings is 1. The highest BCUT2D eigenvalue weighted by Crippen LogP contribution is 2.16. The van der Waals surface area contributed by atoms with E-state index in [1.54, 1.807) is 7.05 Å². The van der Waals surface area contributed by atoms with Gasteiger partial charge in [-0.1, -0.05) is 0 Å². The number of ether oxygens (including phenoxy) is 1. The van der Waals surface area contributed by atoms with Gasteiger partial charge in [0.25, 0.3) is 0 Å². The molecule has 1 fully saturated rings. The van der Waals surface area contributed by atoms with Crippen molar-refractivity contribution < 1.29 is 4.74 Å². The molecule has 2 rings (SSSR count). The highest BCUT2D eigenvalue weighted by molar-refractivity contribution is 4.80. The number of nitrogens with one attached hydrogen (secondary N) is 1. The summed E-state index contributed by atoms with van der Waals surface area (Å²) in [7, 11) is 1.77. The van der Waals surface area contributed by atoms with Crippen LogP contribution in [0.5, 0.6) is 0 Å². The predicted molar refractivity (Wildman–Crippen MR) is 54.0 cm³/mol.